The third kappa shape index (κ3) is 4.29. The molecule has 0 bridgehead atoms. The van der Waals surface area contributed by atoms with Gasteiger partial charge in [0.25, 0.3) is 5.91 Å². The molecule has 0 heterocycles. The van der Waals surface area contributed by atoms with Crippen LogP contribution in [0.5, 0.6) is 5.75 Å². The van der Waals surface area contributed by atoms with Gasteiger partial charge in [0, 0.05) is 0 Å². The molecule has 0 aromatic heterocycles. The van der Waals surface area contributed by atoms with E-state index in [0.29, 0.717) is 11.3 Å². The molecule has 0 spiro atoms. The fraction of sp³-hybridized carbons (Fsp3) is 0.176. The van der Waals surface area contributed by atoms with Crippen LogP contribution in [-0.2, 0) is 9.53 Å². The Labute approximate surface area is 132 Å². The molecule has 0 saturated carbocycles. The minimum atomic E-state index is -1.11. The molecule has 1 radical (unpaired) electrons. The Bertz CT molecular complexity index is 703. The Hall–Kier alpha value is -2.89. The van der Waals surface area contributed by atoms with Crippen molar-refractivity contribution in [2.45, 2.75) is 12.5 Å². The average molecular weight is 316 g/mol. The molecule has 23 heavy (non-hydrogen) atoms. The summed E-state index contributed by atoms with van der Waals surface area (Å²) in [6.45, 7) is 0. The smallest absolute Gasteiger partial charge is 0.309 e. The van der Waals surface area contributed by atoms with Crippen LogP contribution in [0.2, 0.25) is 0 Å². The maximum atomic E-state index is 13.9. The van der Waals surface area contributed by atoms with Gasteiger partial charge in [0.05, 0.1) is 19.1 Å². The first-order chi connectivity index (χ1) is 11.0. The molecule has 0 aliphatic carbocycles. The Morgan fingerprint density at radius 1 is 1.17 bits per heavy atom. The van der Waals surface area contributed by atoms with Crippen molar-refractivity contribution in [2.24, 2.45) is 0 Å². The number of halogens is 1. The van der Waals surface area contributed by atoms with E-state index in [-0.39, 0.29) is 12.0 Å². The molecule has 2 aromatic rings. The Kier molecular flexibility index (Phi) is 5.30. The molecular formula is C17H15FNO4. The van der Waals surface area contributed by atoms with Crippen molar-refractivity contribution >= 4 is 11.9 Å². The van der Waals surface area contributed by atoms with Crippen LogP contribution in [0.3, 0.4) is 0 Å². The van der Waals surface area contributed by atoms with Crippen LogP contribution in [0.25, 0.3) is 0 Å². The molecule has 0 fully saturated rings. The molecule has 0 aliphatic heterocycles. The number of hydrogen-bond acceptors (Lipinski definition) is 4. The Balaban J connectivity index is 2.31. The average Bonchev–Trinajstić information content (AvgIpc) is 2.54. The number of amides is 1. The van der Waals surface area contributed by atoms with Gasteiger partial charge in [0.1, 0.15) is 17.7 Å². The van der Waals surface area contributed by atoms with Gasteiger partial charge in [0.2, 0.25) is 0 Å². The van der Waals surface area contributed by atoms with Gasteiger partial charge in [-0.15, -0.1) is 0 Å². The van der Waals surface area contributed by atoms with Crippen molar-refractivity contribution < 1.29 is 23.5 Å². The van der Waals surface area contributed by atoms with Crippen LogP contribution >= 0.6 is 0 Å². The number of esters is 1. The largest absolute Gasteiger partial charge is 0.485 e. The zero-order valence-electron chi connectivity index (χ0n) is 12.4. The lowest BCUT2D eigenvalue weighted by Gasteiger charge is -2.19. The van der Waals surface area contributed by atoms with Crippen LogP contribution in [0.15, 0.2) is 48.5 Å². The van der Waals surface area contributed by atoms with Crippen molar-refractivity contribution in [1.29, 1.82) is 0 Å². The third-order valence-corrected chi connectivity index (χ3v) is 3.21. The van der Waals surface area contributed by atoms with E-state index < -0.39 is 23.8 Å². The van der Waals surface area contributed by atoms with Crippen LogP contribution in [0, 0.1) is 5.82 Å². The number of nitrogens with one attached hydrogen (secondary N) is 1. The van der Waals surface area contributed by atoms with Gasteiger partial charge in [-0.2, -0.15) is 0 Å². The third-order valence-electron chi connectivity index (χ3n) is 3.21. The van der Waals surface area contributed by atoms with Gasteiger partial charge in [-0.25, -0.2) is 4.39 Å². The predicted octanol–water partition coefficient (Wildman–Crippen LogP) is 2.93. The van der Waals surface area contributed by atoms with Crippen molar-refractivity contribution in [3.63, 3.8) is 0 Å². The van der Waals surface area contributed by atoms with Gasteiger partial charge in [-0.1, -0.05) is 24.3 Å². The van der Waals surface area contributed by atoms with Gasteiger partial charge >= 0.3 is 5.97 Å². The quantitative estimate of drug-likeness (QED) is 0.768. The number of hydrogen-bond donors (Lipinski definition) is 0. The lowest BCUT2D eigenvalue weighted by atomic mass is 10.0. The highest BCUT2D eigenvalue weighted by atomic mass is 19.1. The van der Waals surface area contributed by atoms with Crippen molar-refractivity contribution in [2.75, 3.05) is 7.11 Å². The summed E-state index contributed by atoms with van der Waals surface area (Å²) in [5.41, 5.74) is 7.02. The minimum absolute atomic E-state index is 0.112. The lowest BCUT2D eigenvalue weighted by Crippen LogP contribution is -2.15. The summed E-state index contributed by atoms with van der Waals surface area (Å²) < 4.78 is 24.3. The second-order valence-electron chi connectivity index (χ2n) is 4.77. The maximum absolute atomic E-state index is 13.9. The summed E-state index contributed by atoms with van der Waals surface area (Å²) >= 11 is 0. The first-order valence-corrected chi connectivity index (χ1v) is 6.85. The van der Waals surface area contributed by atoms with Crippen molar-refractivity contribution in [3.05, 3.63) is 65.5 Å². The fourth-order valence-electron chi connectivity index (χ4n) is 2.04. The zero-order valence-corrected chi connectivity index (χ0v) is 12.4. The predicted molar refractivity (Wildman–Crippen MR) is 80.3 cm³/mol. The van der Waals surface area contributed by atoms with Crippen molar-refractivity contribution in [1.82, 2.24) is 5.73 Å². The number of para-hydroxylation sites is 1. The molecule has 6 heteroatoms. The van der Waals surface area contributed by atoms with Gasteiger partial charge in [-0.3, -0.25) is 15.3 Å². The standard InChI is InChI=1S/C17H15FNO4/c1-22-16(20)10-15(23-12-5-3-2-4-6-12)11-7-8-13(17(19)21)14(18)9-11/h2-9,15,19H,10H2,1H3. The second-order valence-corrected chi connectivity index (χ2v) is 4.77. The number of benzene rings is 2. The van der Waals surface area contributed by atoms with E-state index in [1.54, 1.807) is 24.3 Å². The van der Waals surface area contributed by atoms with Crippen molar-refractivity contribution in [3.8, 4) is 5.75 Å². The second kappa shape index (κ2) is 7.40. The normalized spacial score (nSPS) is 11.6. The van der Waals surface area contributed by atoms with Crippen LogP contribution in [-0.4, -0.2) is 19.0 Å². The monoisotopic (exact) mass is 316 g/mol. The highest BCUT2D eigenvalue weighted by Gasteiger charge is 2.21. The van der Waals surface area contributed by atoms with Crippen LogP contribution in [0.4, 0.5) is 4.39 Å². The molecule has 2 aromatic carbocycles. The molecule has 1 unspecified atom stereocenters. The van der Waals surface area contributed by atoms with E-state index in [1.165, 1.54) is 19.2 Å². The van der Waals surface area contributed by atoms with Crippen LogP contribution in [0.1, 0.15) is 28.4 Å². The molecule has 2 rings (SSSR count). The molecule has 5 nitrogen and oxygen atoms in total. The van der Waals surface area contributed by atoms with E-state index in [0.717, 1.165) is 6.07 Å². The summed E-state index contributed by atoms with van der Waals surface area (Å²) in [4.78, 5) is 22.5. The molecule has 119 valence electrons. The summed E-state index contributed by atoms with van der Waals surface area (Å²) in [7, 11) is 1.25. The number of ether oxygens (including phenoxy) is 2. The topological polar surface area (TPSA) is 76.4 Å². The first kappa shape index (κ1) is 16.5. The molecule has 0 aliphatic rings. The maximum Gasteiger partial charge on any atom is 0.309 e. The number of carbonyl (C=O) groups excluding carboxylic acids is 2. The molecule has 0 saturated heterocycles. The first-order valence-electron chi connectivity index (χ1n) is 6.85. The minimum Gasteiger partial charge on any atom is -0.485 e. The number of carbonyl (C=O) groups is 2. The van der Waals surface area contributed by atoms with Gasteiger partial charge in [-0.05, 0) is 29.8 Å². The zero-order chi connectivity index (χ0) is 16.8. The van der Waals surface area contributed by atoms with E-state index >= 15 is 0 Å². The highest BCUT2D eigenvalue weighted by Crippen LogP contribution is 2.26. The van der Waals surface area contributed by atoms with E-state index in [2.05, 4.69) is 4.74 Å². The molecular weight excluding hydrogens is 301 g/mol. The summed E-state index contributed by atoms with van der Waals surface area (Å²) in [6, 6.07) is 12.5. The van der Waals surface area contributed by atoms with Gasteiger partial charge < -0.3 is 9.47 Å². The van der Waals surface area contributed by atoms with Crippen LogP contribution < -0.4 is 10.5 Å². The highest BCUT2D eigenvalue weighted by molar-refractivity contribution is 5.92. The molecule has 1 amide bonds. The molecule has 1 N–H and O–H groups in total. The summed E-state index contributed by atoms with van der Waals surface area (Å²) in [5, 5.41) is 0. The summed E-state index contributed by atoms with van der Waals surface area (Å²) in [6.07, 6.45) is -0.881. The summed E-state index contributed by atoms with van der Waals surface area (Å²) in [5.74, 6) is -1.92. The number of methoxy groups -OCH3 is 1. The SMILES string of the molecule is COC(=O)CC(Oc1ccccc1)c1ccc(C([NH])=O)c(F)c1. The van der Waals surface area contributed by atoms with E-state index in [1.807, 2.05) is 6.07 Å². The Morgan fingerprint density at radius 3 is 2.43 bits per heavy atom. The number of rotatable bonds is 6. The molecule has 1 atom stereocenters. The lowest BCUT2D eigenvalue weighted by molar-refractivity contribution is -0.142. The van der Waals surface area contributed by atoms with Gasteiger partial charge in [0.15, 0.2) is 0 Å². The van der Waals surface area contributed by atoms with E-state index in [4.69, 9.17) is 10.5 Å². The Morgan fingerprint density at radius 2 is 1.87 bits per heavy atom. The fourth-order valence-corrected chi connectivity index (χ4v) is 2.04. The van der Waals surface area contributed by atoms with E-state index in [9.17, 15) is 14.0 Å².